The molecule has 0 amide bonds. The Labute approximate surface area is 53.5 Å². The minimum Gasteiger partial charge on any atom is -0.212 e. The third-order valence-electron chi connectivity index (χ3n) is 1.04. The quantitative estimate of drug-likeness (QED) is 0.478. The third-order valence-corrected chi connectivity index (χ3v) is 1.35. The molecule has 0 unspecified atom stereocenters. The fraction of sp³-hybridized carbons (Fsp3) is 0.333. The fourth-order valence-electron chi connectivity index (χ4n) is 0.649. The summed E-state index contributed by atoms with van der Waals surface area (Å²) in [7, 11) is 0. The molecule has 0 aromatic rings. The van der Waals surface area contributed by atoms with Crippen molar-refractivity contribution in [3.05, 3.63) is 22.9 Å². The van der Waals surface area contributed by atoms with E-state index < -0.39 is 0 Å². The summed E-state index contributed by atoms with van der Waals surface area (Å²) in [5.74, 6) is -0.0579. The monoisotopic (exact) mass is 130 g/mol. The normalized spacial score (nSPS) is 19.8. The zero-order valence-corrected chi connectivity index (χ0v) is 5.29. The van der Waals surface area contributed by atoms with E-state index in [9.17, 15) is 4.39 Å². The second-order valence-electron chi connectivity index (χ2n) is 1.76. The molecule has 0 bridgehead atoms. The summed E-state index contributed by atoms with van der Waals surface area (Å²) in [6, 6.07) is 0. The summed E-state index contributed by atoms with van der Waals surface area (Å²) in [5.41, 5.74) is 0. The van der Waals surface area contributed by atoms with E-state index in [0.29, 0.717) is 6.42 Å². The molecule has 0 aromatic carbocycles. The minimum absolute atomic E-state index is 0.0579. The van der Waals surface area contributed by atoms with Crippen LogP contribution in [0.4, 0.5) is 4.39 Å². The zero-order chi connectivity index (χ0) is 5.98. The maximum atomic E-state index is 12.2. The number of hydrogen-bond donors (Lipinski definition) is 1. The second kappa shape index (κ2) is 2.35. The first-order valence-electron chi connectivity index (χ1n) is 2.54. The average molecular weight is 130 g/mol. The Morgan fingerprint density at radius 3 is 2.75 bits per heavy atom. The van der Waals surface area contributed by atoms with Crippen LogP contribution in [0.3, 0.4) is 0 Å². The zero-order valence-electron chi connectivity index (χ0n) is 4.39. The lowest BCUT2D eigenvalue weighted by atomic mass is 10.2. The summed E-state index contributed by atoms with van der Waals surface area (Å²) < 4.78 is 12.2. The van der Waals surface area contributed by atoms with Crippen LogP contribution in [0.25, 0.3) is 0 Å². The lowest BCUT2D eigenvalue weighted by molar-refractivity contribution is 0.587. The number of allylic oxidation sites excluding steroid dienone is 3. The molecule has 1 aliphatic carbocycles. The van der Waals surface area contributed by atoms with Crippen molar-refractivity contribution in [3.8, 4) is 0 Å². The van der Waals surface area contributed by atoms with E-state index in [1.807, 2.05) is 6.08 Å². The molecule has 2 heteroatoms. The fourth-order valence-corrected chi connectivity index (χ4v) is 0.919. The van der Waals surface area contributed by atoms with Crippen LogP contribution in [-0.2, 0) is 0 Å². The van der Waals surface area contributed by atoms with Gasteiger partial charge in [0.15, 0.2) is 0 Å². The number of hydrogen-bond acceptors (Lipinski definition) is 1. The lowest BCUT2D eigenvalue weighted by Crippen LogP contribution is -1.81. The molecule has 8 heavy (non-hydrogen) atoms. The number of rotatable bonds is 0. The number of thiol groups is 1. The van der Waals surface area contributed by atoms with Crippen LogP contribution >= 0.6 is 12.6 Å². The van der Waals surface area contributed by atoms with Gasteiger partial charge in [-0.15, -0.1) is 12.6 Å². The molecule has 0 fully saturated rings. The molecular formula is C6H7FS. The topological polar surface area (TPSA) is 0 Å². The Balaban J connectivity index is 2.69. The van der Waals surface area contributed by atoms with E-state index >= 15 is 0 Å². The van der Waals surface area contributed by atoms with Gasteiger partial charge in [0.05, 0.1) is 0 Å². The van der Waals surface area contributed by atoms with Crippen LogP contribution < -0.4 is 0 Å². The highest BCUT2D eigenvalue weighted by Gasteiger charge is 1.99. The Morgan fingerprint density at radius 1 is 1.62 bits per heavy atom. The molecular weight excluding hydrogens is 123 g/mol. The molecule has 0 nitrogen and oxygen atoms in total. The van der Waals surface area contributed by atoms with Crippen molar-refractivity contribution in [1.82, 2.24) is 0 Å². The van der Waals surface area contributed by atoms with Crippen LogP contribution in [0.15, 0.2) is 22.9 Å². The predicted octanol–water partition coefficient (Wildman–Crippen LogP) is 2.45. The van der Waals surface area contributed by atoms with Gasteiger partial charge in [0.2, 0.25) is 0 Å². The molecule has 0 saturated heterocycles. The van der Waals surface area contributed by atoms with Crippen molar-refractivity contribution in [2.24, 2.45) is 0 Å². The Morgan fingerprint density at radius 2 is 2.38 bits per heavy atom. The van der Waals surface area contributed by atoms with Crippen molar-refractivity contribution < 1.29 is 4.39 Å². The molecule has 0 radical (unpaired) electrons. The largest absolute Gasteiger partial charge is 0.212 e. The summed E-state index contributed by atoms with van der Waals surface area (Å²) in [6.07, 6.45) is 4.70. The molecule has 0 heterocycles. The van der Waals surface area contributed by atoms with E-state index in [1.54, 1.807) is 0 Å². The third kappa shape index (κ3) is 1.37. The van der Waals surface area contributed by atoms with Gasteiger partial charge in [-0.2, -0.15) is 0 Å². The first-order chi connectivity index (χ1) is 3.79. The highest BCUT2D eigenvalue weighted by atomic mass is 32.1. The van der Waals surface area contributed by atoms with E-state index in [4.69, 9.17) is 0 Å². The molecule has 0 N–H and O–H groups in total. The van der Waals surface area contributed by atoms with Crippen molar-refractivity contribution in [2.45, 2.75) is 12.8 Å². The predicted molar refractivity (Wildman–Crippen MR) is 35.5 cm³/mol. The van der Waals surface area contributed by atoms with Crippen LogP contribution in [0.5, 0.6) is 0 Å². The first-order valence-corrected chi connectivity index (χ1v) is 2.99. The molecule has 0 aliphatic heterocycles. The molecule has 0 atom stereocenters. The summed E-state index contributed by atoms with van der Waals surface area (Å²) in [6.45, 7) is 0. The van der Waals surface area contributed by atoms with Gasteiger partial charge < -0.3 is 0 Å². The van der Waals surface area contributed by atoms with E-state index in [1.165, 1.54) is 6.08 Å². The molecule has 0 saturated carbocycles. The van der Waals surface area contributed by atoms with E-state index in [-0.39, 0.29) is 5.83 Å². The van der Waals surface area contributed by atoms with Gasteiger partial charge in [0.1, 0.15) is 5.83 Å². The van der Waals surface area contributed by atoms with Crippen molar-refractivity contribution in [2.75, 3.05) is 0 Å². The maximum Gasteiger partial charge on any atom is 0.101 e. The van der Waals surface area contributed by atoms with Crippen LogP contribution in [0, 0.1) is 0 Å². The standard InChI is InChI=1S/C6H7FS/c7-5-2-1-3-6(8)4-5/h3-4,8H,1-2H2. The van der Waals surface area contributed by atoms with Crippen molar-refractivity contribution >= 4 is 12.6 Å². The molecule has 1 rings (SSSR count). The van der Waals surface area contributed by atoms with Crippen molar-refractivity contribution in [1.29, 1.82) is 0 Å². The van der Waals surface area contributed by atoms with Gasteiger partial charge >= 0.3 is 0 Å². The Hall–Kier alpha value is -0.240. The van der Waals surface area contributed by atoms with E-state index in [0.717, 1.165) is 11.3 Å². The smallest absolute Gasteiger partial charge is 0.101 e. The van der Waals surface area contributed by atoms with Gasteiger partial charge in [-0.1, -0.05) is 6.08 Å². The lowest BCUT2D eigenvalue weighted by Gasteiger charge is -2.00. The Bertz CT molecular complexity index is 147. The van der Waals surface area contributed by atoms with Gasteiger partial charge in [0.25, 0.3) is 0 Å². The Kier molecular flexibility index (Phi) is 1.73. The minimum atomic E-state index is -0.0579. The number of halogens is 1. The van der Waals surface area contributed by atoms with Gasteiger partial charge in [-0.05, 0) is 12.5 Å². The second-order valence-corrected chi connectivity index (χ2v) is 2.28. The van der Waals surface area contributed by atoms with E-state index in [2.05, 4.69) is 12.6 Å². The van der Waals surface area contributed by atoms with Crippen LogP contribution in [0.2, 0.25) is 0 Å². The molecule has 0 aromatic heterocycles. The highest BCUT2D eigenvalue weighted by Crippen LogP contribution is 2.19. The van der Waals surface area contributed by atoms with Gasteiger partial charge in [-0.25, -0.2) is 4.39 Å². The SMILES string of the molecule is FC1=CC(S)=CCC1. The maximum absolute atomic E-state index is 12.2. The van der Waals surface area contributed by atoms with Crippen molar-refractivity contribution in [3.63, 3.8) is 0 Å². The average Bonchev–Trinajstić information content (AvgIpc) is 1.64. The van der Waals surface area contributed by atoms with Gasteiger partial charge in [0, 0.05) is 11.3 Å². The first kappa shape index (κ1) is 5.89. The van der Waals surface area contributed by atoms with Crippen LogP contribution in [0.1, 0.15) is 12.8 Å². The van der Waals surface area contributed by atoms with Crippen LogP contribution in [-0.4, -0.2) is 0 Å². The molecule has 0 spiro atoms. The molecule has 1 aliphatic rings. The summed E-state index contributed by atoms with van der Waals surface area (Å²) in [4.78, 5) is 0.744. The summed E-state index contributed by atoms with van der Waals surface area (Å²) in [5, 5.41) is 0. The van der Waals surface area contributed by atoms with Gasteiger partial charge in [-0.3, -0.25) is 0 Å². The highest BCUT2D eigenvalue weighted by molar-refractivity contribution is 7.84. The summed E-state index contributed by atoms with van der Waals surface area (Å²) >= 11 is 3.97. The molecule has 44 valence electrons.